The van der Waals surface area contributed by atoms with Gasteiger partial charge in [-0.25, -0.2) is 0 Å². The lowest BCUT2D eigenvalue weighted by atomic mass is 10.2. The molecule has 2 unspecified atom stereocenters. The van der Waals surface area contributed by atoms with Crippen molar-refractivity contribution in [3.05, 3.63) is 24.2 Å². The molecule has 0 amide bonds. The van der Waals surface area contributed by atoms with Gasteiger partial charge in [-0.15, -0.1) is 0 Å². The third-order valence-electron chi connectivity index (χ3n) is 2.74. The minimum Gasteiger partial charge on any atom is -0.468 e. The third kappa shape index (κ3) is 3.06. The zero-order valence-electron chi connectivity index (χ0n) is 9.02. The summed E-state index contributed by atoms with van der Waals surface area (Å²) in [5.74, 6) is 0.982. The number of aliphatic hydroxyl groups is 1. The number of hydrogen-bond donors (Lipinski definition) is 2. The summed E-state index contributed by atoms with van der Waals surface area (Å²) in [7, 11) is 2.06. The first-order chi connectivity index (χ1) is 7.24. The maximum absolute atomic E-state index is 9.37. The van der Waals surface area contributed by atoms with Gasteiger partial charge in [0.15, 0.2) is 0 Å². The average molecular weight is 210 g/mol. The molecular formula is C11H18N2O2. The predicted octanol–water partition coefficient (Wildman–Crippen LogP) is 0.434. The highest BCUT2D eigenvalue weighted by Gasteiger charge is 2.22. The lowest BCUT2D eigenvalue weighted by Crippen LogP contribution is -2.34. The molecule has 2 heterocycles. The summed E-state index contributed by atoms with van der Waals surface area (Å²) in [6.07, 6.45) is 2.37. The van der Waals surface area contributed by atoms with Crippen molar-refractivity contribution in [2.24, 2.45) is 0 Å². The number of nitrogens with one attached hydrogen (secondary N) is 1. The quantitative estimate of drug-likeness (QED) is 0.757. The summed E-state index contributed by atoms with van der Waals surface area (Å²) in [6.45, 7) is 2.48. The predicted molar refractivity (Wildman–Crippen MR) is 57.5 cm³/mol. The van der Waals surface area contributed by atoms with E-state index in [9.17, 15) is 5.11 Å². The van der Waals surface area contributed by atoms with E-state index in [1.807, 2.05) is 12.1 Å². The van der Waals surface area contributed by atoms with Gasteiger partial charge in [0.1, 0.15) is 5.76 Å². The Bertz CT molecular complexity index is 287. The largest absolute Gasteiger partial charge is 0.468 e. The van der Waals surface area contributed by atoms with E-state index < -0.39 is 0 Å². The Kier molecular flexibility index (Phi) is 3.41. The Morgan fingerprint density at radius 3 is 3.13 bits per heavy atom. The van der Waals surface area contributed by atoms with E-state index >= 15 is 0 Å². The molecule has 0 radical (unpaired) electrons. The van der Waals surface area contributed by atoms with E-state index in [0.29, 0.717) is 6.04 Å². The smallest absolute Gasteiger partial charge is 0.117 e. The summed E-state index contributed by atoms with van der Waals surface area (Å²) >= 11 is 0. The maximum atomic E-state index is 9.37. The molecule has 1 aromatic heterocycles. The Balaban J connectivity index is 1.75. The zero-order chi connectivity index (χ0) is 10.7. The molecule has 2 N–H and O–H groups in total. The third-order valence-corrected chi connectivity index (χ3v) is 2.74. The number of β-amino-alcohol motifs (C(OH)–C–C–N with tert-alkyl or cyclic N) is 1. The molecular weight excluding hydrogens is 192 g/mol. The molecule has 2 atom stereocenters. The molecule has 4 nitrogen and oxygen atoms in total. The van der Waals surface area contributed by atoms with Crippen molar-refractivity contribution in [2.75, 3.05) is 20.1 Å². The van der Waals surface area contributed by atoms with Crippen LogP contribution in [-0.4, -0.2) is 42.3 Å². The molecule has 0 aliphatic carbocycles. The van der Waals surface area contributed by atoms with Crippen molar-refractivity contribution >= 4 is 0 Å². The minimum absolute atomic E-state index is 0.174. The van der Waals surface area contributed by atoms with Crippen molar-refractivity contribution in [1.82, 2.24) is 10.2 Å². The molecule has 0 spiro atoms. The van der Waals surface area contributed by atoms with Crippen LogP contribution in [-0.2, 0) is 6.54 Å². The lowest BCUT2D eigenvalue weighted by molar-refractivity contribution is 0.188. The Hall–Kier alpha value is -0.840. The molecule has 1 aliphatic heterocycles. The first-order valence-corrected chi connectivity index (χ1v) is 5.36. The van der Waals surface area contributed by atoms with Gasteiger partial charge in [-0.05, 0) is 25.6 Å². The van der Waals surface area contributed by atoms with E-state index in [1.54, 1.807) is 6.26 Å². The molecule has 1 saturated heterocycles. The fraction of sp³-hybridized carbons (Fsp3) is 0.636. The molecule has 15 heavy (non-hydrogen) atoms. The normalized spacial score (nSPS) is 26.3. The van der Waals surface area contributed by atoms with Crippen LogP contribution in [0.3, 0.4) is 0 Å². The van der Waals surface area contributed by atoms with Gasteiger partial charge in [0.2, 0.25) is 0 Å². The number of furan rings is 1. The van der Waals surface area contributed by atoms with Gasteiger partial charge in [-0.3, -0.25) is 4.90 Å². The Morgan fingerprint density at radius 1 is 1.67 bits per heavy atom. The summed E-state index contributed by atoms with van der Waals surface area (Å²) in [5.41, 5.74) is 0. The van der Waals surface area contributed by atoms with Gasteiger partial charge < -0.3 is 14.8 Å². The molecule has 0 bridgehead atoms. The number of likely N-dealkylation sites (N-methyl/N-ethyl adjacent to an activating group) is 1. The van der Waals surface area contributed by atoms with Crippen LogP contribution in [0.2, 0.25) is 0 Å². The van der Waals surface area contributed by atoms with Gasteiger partial charge in [-0.1, -0.05) is 0 Å². The van der Waals surface area contributed by atoms with E-state index in [-0.39, 0.29) is 6.10 Å². The summed E-state index contributed by atoms with van der Waals surface area (Å²) in [5, 5.41) is 12.7. The molecule has 0 aromatic carbocycles. The maximum Gasteiger partial charge on any atom is 0.117 e. The number of hydrogen-bond acceptors (Lipinski definition) is 4. The monoisotopic (exact) mass is 210 g/mol. The Morgan fingerprint density at radius 2 is 2.53 bits per heavy atom. The van der Waals surface area contributed by atoms with Crippen LogP contribution in [0, 0.1) is 0 Å². The molecule has 1 aliphatic rings. The van der Waals surface area contributed by atoms with E-state index in [1.165, 1.54) is 0 Å². The fourth-order valence-electron chi connectivity index (χ4n) is 2.05. The zero-order valence-corrected chi connectivity index (χ0v) is 9.02. The topological polar surface area (TPSA) is 48.6 Å². The molecule has 84 valence electrons. The van der Waals surface area contributed by atoms with Crippen LogP contribution < -0.4 is 5.32 Å². The second-order valence-electron chi connectivity index (χ2n) is 4.27. The standard InChI is InChI=1S/C11H18N2O2/c1-13(8-11-3-2-4-15-11)7-9-5-10(14)6-12-9/h2-4,9-10,12,14H,5-8H2,1H3. The van der Waals surface area contributed by atoms with Crippen LogP contribution in [0.15, 0.2) is 22.8 Å². The lowest BCUT2D eigenvalue weighted by Gasteiger charge is -2.19. The highest BCUT2D eigenvalue weighted by atomic mass is 16.3. The number of nitrogens with zero attached hydrogens (tertiary/aromatic N) is 1. The van der Waals surface area contributed by atoms with Crippen LogP contribution >= 0.6 is 0 Å². The van der Waals surface area contributed by atoms with Gasteiger partial charge in [0.05, 0.1) is 18.9 Å². The molecule has 1 fully saturated rings. The van der Waals surface area contributed by atoms with Crippen LogP contribution in [0.25, 0.3) is 0 Å². The van der Waals surface area contributed by atoms with Gasteiger partial charge in [-0.2, -0.15) is 0 Å². The number of aliphatic hydroxyl groups excluding tert-OH is 1. The highest BCUT2D eigenvalue weighted by Crippen LogP contribution is 2.09. The van der Waals surface area contributed by atoms with Crippen LogP contribution in [0.4, 0.5) is 0 Å². The van der Waals surface area contributed by atoms with Crippen LogP contribution in [0.1, 0.15) is 12.2 Å². The minimum atomic E-state index is -0.174. The second-order valence-corrected chi connectivity index (χ2v) is 4.27. The van der Waals surface area contributed by atoms with Crippen molar-refractivity contribution in [1.29, 1.82) is 0 Å². The fourth-order valence-corrected chi connectivity index (χ4v) is 2.05. The van der Waals surface area contributed by atoms with E-state index in [2.05, 4.69) is 17.3 Å². The summed E-state index contributed by atoms with van der Waals surface area (Å²) in [6, 6.07) is 4.29. The first kappa shape index (κ1) is 10.7. The molecule has 1 aromatic rings. The molecule has 0 saturated carbocycles. The van der Waals surface area contributed by atoms with Gasteiger partial charge in [0, 0.05) is 19.1 Å². The second kappa shape index (κ2) is 4.79. The van der Waals surface area contributed by atoms with Gasteiger partial charge in [0.25, 0.3) is 0 Å². The van der Waals surface area contributed by atoms with Gasteiger partial charge >= 0.3 is 0 Å². The molecule has 2 rings (SSSR count). The van der Waals surface area contributed by atoms with E-state index in [0.717, 1.165) is 31.8 Å². The summed E-state index contributed by atoms with van der Waals surface area (Å²) < 4.78 is 5.28. The van der Waals surface area contributed by atoms with Crippen molar-refractivity contribution < 1.29 is 9.52 Å². The highest BCUT2D eigenvalue weighted by molar-refractivity contribution is 4.98. The average Bonchev–Trinajstić information content (AvgIpc) is 2.77. The van der Waals surface area contributed by atoms with Crippen LogP contribution in [0.5, 0.6) is 0 Å². The van der Waals surface area contributed by atoms with Crippen molar-refractivity contribution in [3.63, 3.8) is 0 Å². The van der Waals surface area contributed by atoms with E-state index in [4.69, 9.17) is 4.42 Å². The first-order valence-electron chi connectivity index (χ1n) is 5.36. The van der Waals surface area contributed by atoms with Crippen molar-refractivity contribution in [2.45, 2.75) is 25.1 Å². The Labute approximate surface area is 89.9 Å². The SMILES string of the molecule is CN(Cc1ccco1)CC1CC(O)CN1. The molecule has 4 heteroatoms. The number of rotatable bonds is 4. The summed E-state index contributed by atoms with van der Waals surface area (Å²) in [4.78, 5) is 2.20. The van der Waals surface area contributed by atoms with Crippen molar-refractivity contribution in [3.8, 4) is 0 Å².